The second kappa shape index (κ2) is 10.2. The zero-order chi connectivity index (χ0) is 20.7. The summed E-state index contributed by atoms with van der Waals surface area (Å²) in [5.41, 5.74) is 3.93. The third kappa shape index (κ3) is 6.53. The van der Waals surface area contributed by atoms with Gasteiger partial charge in [0, 0.05) is 19.9 Å². The van der Waals surface area contributed by atoms with Gasteiger partial charge >= 0.3 is 0 Å². The van der Waals surface area contributed by atoms with Gasteiger partial charge in [0.1, 0.15) is 12.4 Å². The van der Waals surface area contributed by atoms with Crippen LogP contribution in [0.3, 0.4) is 0 Å². The van der Waals surface area contributed by atoms with E-state index in [1.54, 1.807) is 0 Å². The first-order valence-corrected chi connectivity index (χ1v) is 14.9. The fourth-order valence-electron chi connectivity index (χ4n) is 3.43. The molecule has 0 aliphatic heterocycles. The molecule has 0 heterocycles. The Bertz CT molecular complexity index is 922. The Hall–Kier alpha value is -1.93. The molecule has 0 aromatic heterocycles. The first-order chi connectivity index (χ1) is 14.0. The van der Waals surface area contributed by atoms with Crippen LogP contribution in [0.15, 0.2) is 72.8 Å². The summed E-state index contributed by atoms with van der Waals surface area (Å²) in [4.78, 5) is 0. The molecule has 0 aliphatic carbocycles. The first kappa shape index (κ1) is 21.8. The molecule has 1 N–H and O–H groups in total. The number of nitrogens with one attached hydrogen (secondary N) is 1. The van der Waals surface area contributed by atoms with E-state index in [-0.39, 0.29) is 0 Å². The zero-order valence-electron chi connectivity index (χ0n) is 18.0. The molecule has 0 aliphatic rings. The number of benzene rings is 3. The van der Waals surface area contributed by atoms with Gasteiger partial charge in [-0.15, -0.1) is 0 Å². The largest absolute Gasteiger partial charge is 0.488 e. The molecule has 29 heavy (non-hydrogen) atoms. The molecule has 4 heteroatoms. The minimum absolute atomic E-state index is 0.585. The summed E-state index contributed by atoms with van der Waals surface area (Å²) in [6, 6.07) is 27.0. The van der Waals surface area contributed by atoms with Crippen molar-refractivity contribution in [3.8, 4) is 5.75 Å². The molecule has 1 unspecified atom stereocenters. The van der Waals surface area contributed by atoms with Crippen LogP contribution in [0, 0.1) is 0 Å². The summed E-state index contributed by atoms with van der Waals surface area (Å²) >= 11 is 0. The fourth-order valence-corrected chi connectivity index (χ4v) is 6.17. The van der Waals surface area contributed by atoms with Crippen molar-refractivity contribution >= 4 is 27.3 Å². The molecule has 3 aromatic rings. The second-order valence-electron chi connectivity index (χ2n) is 8.62. The van der Waals surface area contributed by atoms with E-state index in [4.69, 9.17) is 4.74 Å². The van der Waals surface area contributed by atoms with Crippen LogP contribution in [-0.2, 0) is 19.2 Å². The molecule has 0 radical (unpaired) electrons. The molecule has 0 spiro atoms. The minimum Gasteiger partial charge on any atom is -0.488 e. The summed E-state index contributed by atoms with van der Waals surface area (Å²) in [5, 5.41) is 5.98. The van der Waals surface area contributed by atoms with Crippen molar-refractivity contribution in [2.45, 2.75) is 38.8 Å². The molecule has 3 rings (SSSR count). The number of hydrogen-bond acceptors (Lipinski definition) is 2. The summed E-state index contributed by atoms with van der Waals surface area (Å²) < 4.78 is 6.49. The van der Waals surface area contributed by atoms with Crippen molar-refractivity contribution in [2.75, 3.05) is 7.05 Å². The fraction of sp³-hybridized carbons (Fsp3) is 0.280. The lowest BCUT2D eigenvalue weighted by molar-refractivity contribution is 0.306. The van der Waals surface area contributed by atoms with E-state index in [1.807, 2.05) is 13.1 Å². The SMILES string of the molecule is CNCc1ccccc1Pc1cccc(C[Si](C)(C)C)c1OCc1ccccc1. The summed E-state index contributed by atoms with van der Waals surface area (Å²) in [5.74, 6) is 1.09. The Kier molecular flexibility index (Phi) is 7.66. The van der Waals surface area contributed by atoms with Crippen LogP contribution in [-0.4, -0.2) is 15.1 Å². The molecule has 1 atom stereocenters. The van der Waals surface area contributed by atoms with E-state index >= 15 is 0 Å². The Morgan fingerprint density at radius 2 is 1.45 bits per heavy atom. The van der Waals surface area contributed by atoms with Gasteiger partial charge in [0.05, 0.1) is 0 Å². The topological polar surface area (TPSA) is 21.3 Å². The van der Waals surface area contributed by atoms with Gasteiger partial charge in [-0.25, -0.2) is 0 Å². The maximum atomic E-state index is 6.49. The van der Waals surface area contributed by atoms with E-state index < -0.39 is 8.07 Å². The number of hydrogen-bond donors (Lipinski definition) is 1. The van der Waals surface area contributed by atoms with E-state index in [2.05, 4.69) is 91.7 Å². The highest BCUT2D eigenvalue weighted by Gasteiger charge is 2.19. The maximum Gasteiger partial charge on any atom is 0.130 e. The Labute approximate surface area is 178 Å². The average Bonchev–Trinajstić information content (AvgIpc) is 2.69. The highest BCUT2D eigenvalue weighted by molar-refractivity contribution is 7.55. The monoisotopic (exact) mass is 421 g/mol. The molecule has 0 saturated carbocycles. The molecular formula is C25H32NOPSi. The Morgan fingerprint density at radius 1 is 0.793 bits per heavy atom. The summed E-state index contributed by atoms with van der Waals surface area (Å²) in [6.45, 7) is 8.76. The average molecular weight is 422 g/mol. The maximum absolute atomic E-state index is 6.49. The van der Waals surface area contributed by atoms with Crippen LogP contribution in [0.4, 0.5) is 0 Å². The van der Waals surface area contributed by atoms with Gasteiger partial charge in [0.2, 0.25) is 0 Å². The van der Waals surface area contributed by atoms with Crippen molar-refractivity contribution in [2.24, 2.45) is 0 Å². The Morgan fingerprint density at radius 3 is 2.17 bits per heavy atom. The van der Waals surface area contributed by atoms with Crippen LogP contribution in [0.25, 0.3) is 0 Å². The lowest BCUT2D eigenvalue weighted by atomic mass is 10.2. The van der Waals surface area contributed by atoms with Crippen LogP contribution >= 0.6 is 8.58 Å². The van der Waals surface area contributed by atoms with Crippen LogP contribution in [0.2, 0.25) is 19.6 Å². The van der Waals surface area contributed by atoms with Gasteiger partial charge in [-0.3, -0.25) is 0 Å². The predicted molar refractivity (Wildman–Crippen MR) is 131 cm³/mol. The molecule has 152 valence electrons. The van der Waals surface area contributed by atoms with Gasteiger partial charge in [0.25, 0.3) is 0 Å². The van der Waals surface area contributed by atoms with E-state index in [0.717, 1.165) is 18.3 Å². The highest BCUT2D eigenvalue weighted by atomic mass is 31.1. The lowest BCUT2D eigenvalue weighted by Gasteiger charge is -2.21. The molecule has 2 nitrogen and oxygen atoms in total. The molecule has 0 bridgehead atoms. The van der Waals surface area contributed by atoms with E-state index in [0.29, 0.717) is 15.2 Å². The Balaban J connectivity index is 1.94. The standard InChI is InChI=1S/C25H32NOPSi/c1-26-17-21-13-8-9-15-23(21)28-24-16-10-14-22(19-29(2,3)4)25(24)27-18-20-11-6-5-7-12-20/h5-16,26,28H,17-19H2,1-4H3. The first-order valence-electron chi connectivity index (χ1n) is 10.2. The summed E-state index contributed by atoms with van der Waals surface area (Å²) in [6.07, 6.45) is 0. The lowest BCUT2D eigenvalue weighted by Crippen LogP contribution is -2.25. The normalized spacial score (nSPS) is 11.9. The third-order valence-corrected chi connectivity index (χ3v) is 7.56. The number of ether oxygens (including phenoxy) is 1. The van der Waals surface area contributed by atoms with Crippen molar-refractivity contribution in [1.82, 2.24) is 5.32 Å². The third-order valence-electron chi connectivity index (χ3n) is 4.70. The second-order valence-corrected chi connectivity index (χ2v) is 15.4. The van der Waals surface area contributed by atoms with Gasteiger partial charge < -0.3 is 10.1 Å². The van der Waals surface area contributed by atoms with Crippen molar-refractivity contribution in [3.63, 3.8) is 0 Å². The smallest absolute Gasteiger partial charge is 0.130 e. The van der Waals surface area contributed by atoms with Gasteiger partial charge in [-0.05, 0) is 35.1 Å². The van der Waals surface area contributed by atoms with Crippen molar-refractivity contribution in [1.29, 1.82) is 0 Å². The molecule has 0 fully saturated rings. The van der Waals surface area contributed by atoms with E-state index in [9.17, 15) is 0 Å². The van der Waals surface area contributed by atoms with Gasteiger partial charge in [-0.2, -0.15) is 0 Å². The molecule has 0 amide bonds. The van der Waals surface area contributed by atoms with Crippen LogP contribution in [0.1, 0.15) is 16.7 Å². The number of para-hydroxylation sites is 1. The molecule has 3 aromatic carbocycles. The van der Waals surface area contributed by atoms with Gasteiger partial charge in [0.15, 0.2) is 0 Å². The quantitative estimate of drug-likeness (QED) is 0.386. The highest BCUT2D eigenvalue weighted by Crippen LogP contribution is 2.28. The predicted octanol–water partition coefficient (Wildman–Crippen LogP) is 5.03. The van der Waals surface area contributed by atoms with Crippen molar-refractivity contribution in [3.05, 3.63) is 89.5 Å². The zero-order valence-corrected chi connectivity index (χ0v) is 20.0. The summed E-state index contributed by atoms with van der Waals surface area (Å²) in [7, 11) is 1.32. The molecule has 0 saturated heterocycles. The van der Waals surface area contributed by atoms with Crippen LogP contribution in [0.5, 0.6) is 5.75 Å². The van der Waals surface area contributed by atoms with Crippen molar-refractivity contribution < 1.29 is 4.74 Å². The van der Waals surface area contributed by atoms with E-state index in [1.165, 1.54) is 27.3 Å². The number of rotatable bonds is 9. The van der Waals surface area contributed by atoms with Gasteiger partial charge in [-0.1, -0.05) is 101 Å². The van der Waals surface area contributed by atoms with Crippen LogP contribution < -0.4 is 20.7 Å². The molecular weight excluding hydrogens is 389 g/mol. The minimum atomic E-state index is -1.26.